The zero-order chi connectivity index (χ0) is 28.7. The van der Waals surface area contributed by atoms with E-state index in [9.17, 15) is 13.2 Å². The van der Waals surface area contributed by atoms with Gasteiger partial charge in [0.25, 0.3) is 0 Å². The van der Waals surface area contributed by atoms with Gasteiger partial charge in [0, 0.05) is 58.4 Å². The average Bonchev–Trinajstić information content (AvgIpc) is 3.75. The number of nitrogens with zero attached hydrogens (tertiary/aromatic N) is 4. The van der Waals surface area contributed by atoms with Crippen LogP contribution in [0.3, 0.4) is 0 Å². The maximum atomic E-state index is 14.4. The van der Waals surface area contributed by atoms with Gasteiger partial charge in [0.15, 0.2) is 5.13 Å². The summed E-state index contributed by atoms with van der Waals surface area (Å²) in [5, 5.41) is 5.76. The molecule has 2 aliphatic heterocycles. The van der Waals surface area contributed by atoms with Gasteiger partial charge in [0.2, 0.25) is 0 Å². The van der Waals surface area contributed by atoms with Crippen LogP contribution in [0.1, 0.15) is 64.2 Å². The predicted molar refractivity (Wildman–Crippen MR) is 156 cm³/mol. The summed E-state index contributed by atoms with van der Waals surface area (Å²) < 4.78 is 45.4. The Labute approximate surface area is 241 Å². The lowest BCUT2D eigenvalue weighted by atomic mass is 9.98. The molecule has 2 aromatic heterocycles. The minimum atomic E-state index is -4.55. The Morgan fingerprint density at radius 1 is 1.15 bits per heavy atom. The largest absolute Gasteiger partial charge is 0.416 e. The Hall–Kier alpha value is -4.29. The number of nitrogens with one attached hydrogen (secondary N) is 1. The van der Waals surface area contributed by atoms with E-state index < -0.39 is 17.8 Å². The van der Waals surface area contributed by atoms with Crippen molar-refractivity contribution in [2.45, 2.75) is 51.5 Å². The number of aryl methyl sites for hydroxylation is 2. The fourth-order valence-electron chi connectivity index (χ4n) is 5.59. The first-order chi connectivity index (χ1) is 19.7. The van der Waals surface area contributed by atoms with E-state index >= 15 is 0 Å². The lowest BCUT2D eigenvalue weighted by Crippen LogP contribution is -2.28. The van der Waals surface area contributed by atoms with E-state index in [1.54, 1.807) is 18.6 Å². The molecule has 5 nitrogen and oxygen atoms in total. The zero-order valence-corrected chi connectivity index (χ0v) is 23.4. The number of hydrogen-bond donors (Lipinski definition) is 1. The molecule has 9 heteroatoms. The molecule has 2 aliphatic rings. The van der Waals surface area contributed by atoms with Crippen molar-refractivity contribution in [2.24, 2.45) is 0 Å². The third-order valence-electron chi connectivity index (χ3n) is 7.65. The van der Waals surface area contributed by atoms with Gasteiger partial charge in [-0.3, -0.25) is 0 Å². The van der Waals surface area contributed by atoms with Gasteiger partial charge in [-0.05, 0) is 54.7 Å². The van der Waals surface area contributed by atoms with Crippen LogP contribution in [0.4, 0.5) is 18.3 Å². The molecule has 0 spiro atoms. The van der Waals surface area contributed by atoms with Gasteiger partial charge in [0.05, 0.1) is 17.6 Å². The van der Waals surface area contributed by atoms with Crippen LogP contribution in [-0.2, 0) is 32.1 Å². The van der Waals surface area contributed by atoms with Crippen LogP contribution in [0.15, 0.2) is 73.2 Å². The normalized spacial score (nSPS) is 14.8. The van der Waals surface area contributed by atoms with Gasteiger partial charge in [-0.15, -0.1) is 11.3 Å². The molecule has 0 amide bonds. The van der Waals surface area contributed by atoms with Crippen molar-refractivity contribution in [1.82, 2.24) is 19.4 Å². The molecule has 1 atom stereocenters. The number of thiazole rings is 1. The Bertz CT molecular complexity index is 1690. The molecular weight excluding hydrogens is 543 g/mol. The molecule has 4 aromatic rings. The molecule has 0 bridgehead atoms. The molecule has 0 fully saturated rings. The third-order valence-corrected chi connectivity index (χ3v) is 8.33. The molecular formula is C32H28F3N5S. The molecule has 6 rings (SSSR count). The van der Waals surface area contributed by atoms with Crippen molar-refractivity contribution in [3.63, 3.8) is 0 Å². The quantitative estimate of drug-likeness (QED) is 0.245. The van der Waals surface area contributed by atoms with E-state index in [2.05, 4.69) is 46.8 Å². The van der Waals surface area contributed by atoms with Crippen LogP contribution in [0.5, 0.6) is 0 Å². The van der Waals surface area contributed by atoms with Gasteiger partial charge >= 0.3 is 6.18 Å². The minimum Gasteiger partial charge on any atom is -0.353 e. The molecule has 0 aliphatic carbocycles. The Morgan fingerprint density at radius 2 is 1.93 bits per heavy atom. The summed E-state index contributed by atoms with van der Waals surface area (Å²) in [5.74, 6) is 5.98. The van der Waals surface area contributed by atoms with Crippen molar-refractivity contribution in [2.75, 3.05) is 5.32 Å². The summed E-state index contributed by atoms with van der Waals surface area (Å²) in [6, 6.07) is 10.1. The highest BCUT2D eigenvalue weighted by Gasteiger charge is 2.41. The summed E-state index contributed by atoms with van der Waals surface area (Å²) in [7, 11) is 0. The number of benzene rings is 2. The summed E-state index contributed by atoms with van der Waals surface area (Å²) in [5.41, 5.74) is 5.03. The maximum Gasteiger partial charge on any atom is 0.416 e. The van der Waals surface area contributed by atoms with Crippen LogP contribution in [0.2, 0.25) is 0 Å². The number of fused-ring (bicyclic) bond motifs is 2. The van der Waals surface area contributed by atoms with E-state index in [1.165, 1.54) is 16.9 Å². The van der Waals surface area contributed by atoms with Crippen molar-refractivity contribution in [1.29, 1.82) is 0 Å². The first kappa shape index (κ1) is 26.9. The van der Waals surface area contributed by atoms with Gasteiger partial charge in [-0.1, -0.05) is 44.1 Å². The van der Waals surface area contributed by atoms with Gasteiger partial charge < -0.3 is 14.8 Å². The van der Waals surface area contributed by atoms with E-state index in [0.717, 1.165) is 48.8 Å². The smallest absolute Gasteiger partial charge is 0.353 e. The Morgan fingerprint density at radius 3 is 2.63 bits per heavy atom. The maximum absolute atomic E-state index is 14.4. The number of halogens is 3. The number of alkyl halides is 3. The van der Waals surface area contributed by atoms with Crippen LogP contribution < -0.4 is 5.32 Å². The second-order valence-electron chi connectivity index (χ2n) is 10.2. The number of hydrogen-bond acceptors (Lipinski definition) is 5. The minimum absolute atomic E-state index is 0.0186. The first-order valence-corrected chi connectivity index (χ1v) is 14.3. The van der Waals surface area contributed by atoms with E-state index in [4.69, 9.17) is 4.98 Å². The third kappa shape index (κ3) is 5.16. The molecule has 1 unspecified atom stereocenters. The Kier molecular flexibility index (Phi) is 6.96. The van der Waals surface area contributed by atoms with Gasteiger partial charge in [0.1, 0.15) is 6.04 Å². The summed E-state index contributed by atoms with van der Waals surface area (Å²) in [4.78, 5) is 10.9. The van der Waals surface area contributed by atoms with Crippen LogP contribution in [0, 0.1) is 11.8 Å². The second kappa shape index (κ2) is 10.6. The lowest BCUT2D eigenvalue weighted by molar-refractivity contribution is -0.138. The van der Waals surface area contributed by atoms with Crippen molar-refractivity contribution in [3.8, 4) is 11.8 Å². The van der Waals surface area contributed by atoms with Crippen LogP contribution in [0.25, 0.3) is 5.70 Å². The molecule has 208 valence electrons. The van der Waals surface area contributed by atoms with Gasteiger partial charge in [-0.2, -0.15) is 13.2 Å². The van der Waals surface area contributed by atoms with Crippen molar-refractivity contribution in [3.05, 3.63) is 118 Å². The summed E-state index contributed by atoms with van der Waals surface area (Å²) >= 11 is 1.42. The second-order valence-corrected chi connectivity index (χ2v) is 11.1. The molecule has 0 saturated heterocycles. The zero-order valence-electron chi connectivity index (χ0n) is 22.6. The van der Waals surface area contributed by atoms with Crippen molar-refractivity contribution >= 4 is 22.2 Å². The van der Waals surface area contributed by atoms with Crippen LogP contribution >= 0.6 is 11.3 Å². The standard InChI is InChI=1S/C32H28F3N5S/c1-4-22-7-9-23(10-8-22)11-12-24-16-25-21(3)40(18-26(25)27(17-24)32(33,34)35)30(20(2)38-31-36-13-15-41-31)29-28-6-5-14-39(28)19-37-29/h7-10,13,15-17,19,30H,2-6,14,18H2,1H3,(H,36,38). The SMILES string of the molecule is C=C(Nc1nccs1)C(c1ncn2c1CCC2)N1Cc2c(cc(C#Cc3ccc(CC)cc3)cc2C(F)(F)F)C1=C. The molecule has 0 radical (unpaired) electrons. The lowest BCUT2D eigenvalue weighted by Gasteiger charge is -2.32. The van der Waals surface area contributed by atoms with E-state index in [-0.39, 0.29) is 17.7 Å². The molecule has 2 aromatic carbocycles. The predicted octanol–water partition coefficient (Wildman–Crippen LogP) is 7.42. The molecule has 4 heterocycles. The number of anilines is 1. The molecule has 41 heavy (non-hydrogen) atoms. The van der Waals surface area contributed by atoms with Gasteiger partial charge in [-0.25, -0.2) is 9.97 Å². The highest BCUT2D eigenvalue weighted by Crippen LogP contribution is 2.46. The molecule has 1 N–H and O–H groups in total. The fourth-order valence-corrected chi connectivity index (χ4v) is 6.15. The number of rotatable bonds is 6. The average molecular weight is 572 g/mol. The first-order valence-electron chi connectivity index (χ1n) is 13.4. The summed E-state index contributed by atoms with van der Waals surface area (Å²) in [6.45, 7) is 11.5. The van der Waals surface area contributed by atoms with E-state index in [1.807, 2.05) is 34.5 Å². The monoisotopic (exact) mass is 571 g/mol. The van der Waals surface area contributed by atoms with Crippen molar-refractivity contribution < 1.29 is 13.2 Å². The highest BCUT2D eigenvalue weighted by molar-refractivity contribution is 7.13. The Balaban J connectivity index is 1.40. The van der Waals surface area contributed by atoms with E-state index in [0.29, 0.717) is 22.1 Å². The highest BCUT2D eigenvalue weighted by atomic mass is 32.1. The summed E-state index contributed by atoms with van der Waals surface area (Å²) in [6.07, 6.45) is 1.67. The van der Waals surface area contributed by atoms with Crippen LogP contribution in [-0.4, -0.2) is 19.4 Å². The number of imidazole rings is 1. The topological polar surface area (TPSA) is 46.0 Å². The number of aromatic nitrogens is 3. The molecule has 0 saturated carbocycles. The fraction of sp³-hybridized carbons (Fsp3) is 0.250.